The molecule has 0 atom stereocenters. The van der Waals surface area contributed by atoms with Crippen molar-refractivity contribution in [2.45, 2.75) is 13.5 Å². The van der Waals surface area contributed by atoms with Crippen LogP contribution in [0.3, 0.4) is 0 Å². The number of aryl methyl sites for hydroxylation is 1. The van der Waals surface area contributed by atoms with Gasteiger partial charge in [0.2, 0.25) is 5.95 Å². The molecule has 0 unspecified atom stereocenters. The first-order valence-electron chi connectivity index (χ1n) is 5.96. The number of halogens is 1. The maximum atomic E-state index is 5.98. The van der Waals surface area contributed by atoms with Gasteiger partial charge in [-0.3, -0.25) is 4.57 Å². The van der Waals surface area contributed by atoms with Crippen LogP contribution in [0.5, 0.6) is 0 Å². The van der Waals surface area contributed by atoms with E-state index < -0.39 is 0 Å². The summed E-state index contributed by atoms with van der Waals surface area (Å²) in [5.74, 6) is 0.496. The minimum absolute atomic E-state index is 0.496. The molecule has 0 saturated carbocycles. The van der Waals surface area contributed by atoms with E-state index in [1.807, 2.05) is 35.9 Å². The molecule has 2 aromatic heterocycles. The molecule has 3 aromatic rings. The summed E-state index contributed by atoms with van der Waals surface area (Å²) < 4.78 is 2.99. The highest BCUT2D eigenvalue weighted by Crippen LogP contribution is 2.19. The van der Waals surface area contributed by atoms with Crippen molar-refractivity contribution >= 4 is 33.0 Å². The maximum absolute atomic E-state index is 5.98. The Labute approximate surface area is 119 Å². The lowest BCUT2D eigenvalue weighted by atomic mass is 10.2. The van der Waals surface area contributed by atoms with Crippen LogP contribution in [-0.4, -0.2) is 14.5 Å². The molecule has 2 N–H and O–H groups in total. The zero-order chi connectivity index (χ0) is 13.4. The van der Waals surface area contributed by atoms with Crippen LogP contribution in [0.25, 0.3) is 11.2 Å². The lowest BCUT2D eigenvalue weighted by Gasteiger charge is -2.06. The van der Waals surface area contributed by atoms with E-state index in [0.717, 1.165) is 26.8 Å². The standard InChI is InChI=1S/C14H13BrN4/c1-9-6-12-13(17-7-9)19(14(16)18-12)8-10-2-4-11(15)5-3-10/h2-7H,8H2,1H3,(H2,16,18). The third-order valence-corrected chi connectivity index (χ3v) is 3.53. The van der Waals surface area contributed by atoms with Crippen LogP contribution in [-0.2, 0) is 6.54 Å². The Morgan fingerprint density at radius 3 is 2.74 bits per heavy atom. The fourth-order valence-corrected chi connectivity index (χ4v) is 2.32. The van der Waals surface area contributed by atoms with Gasteiger partial charge in [-0.2, -0.15) is 0 Å². The van der Waals surface area contributed by atoms with Crippen molar-refractivity contribution in [3.63, 3.8) is 0 Å². The van der Waals surface area contributed by atoms with E-state index in [2.05, 4.69) is 38.0 Å². The number of nitrogens with two attached hydrogens (primary N) is 1. The van der Waals surface area contributed by atoms with Gasteiger partial charge in [0.05, 0.1) is 6.54 Å². The Morgan fingerprint density at radius 2 is 2.00 bits per heavy atom. The van der Waals surface area contributed by atoms with Gasteiger partial charge >= 0.3 is 0 Å². The van der Waals surface area contributed by atoms with Crippen LogP contribution < -0.4 is 5.73 Å². The van der Waals surface area contributed by atoms with Gasteiger partial charge in [0.25, 0.3) is 0 Å². The summed E-state index contributed by atoms with van der Waals surface area (Å²) in [5, 5.41) is 0. The molecule has 0 spiro atoms. The van der Waals surface area contributed by atoms with Crippen molar-refractivity contribution in [1.29, 1.82) is 0 Å². The number of nitrogen functional groups attached to an aromatic ring is 1. The predicted molar refractivity (Wildman–Crippen MR) is 79.9 cm³/mol. The average Bonchev–Trinajstić information content (AvgIpc) is 2.68. The first-order valence-corrected chi connectivity index (χ1v) is 6.75. The Bertz CT molecular complexity index is 731. The molecule has 96 valence electrons. The van der Waals surface area contributed by atoms with Crippen LogP contribution in [0.2, 0.25) is 0 Å². The number of aromatic nitrogens is 3. The smallest absolute Gasteiger partial charge is 0.202 e. The van der Waals surface area contributed by atoms with Crippen molar-refractivity contribution in [2.24, 2.45) is 0 Å². The van der Waals surface area contributed by atoms with Gasteiger partial charge in [-0.25, -0.2) is 9.97 Å². The molecule has 2 heterocycles. The van der Waals surface area contributed by atoms with Crippen LogP contribution >= 0.6 is 15.9 Å². The molecule has 0 saturated heterocycles. The van der Waals surface area contributed by atoms with E-state index >= 15 is 0 Å². The largest absolute Gasteiger partial charge is 0.369 e. The number of nitrogens with zero attached hydrogens (tertiary/aromatic N) is 3. The summed E-state index contributed by atoms with van der Waals surface area (Å²) in [7, 11) is 0. The molecule has 1 aromatic carbocycles. The van der Waals surface area contributed by atoms with Gasteiger partial charge in [0.15, 0.2) is 5.65 Å². The minimum Gasteiger partial charge on any atom is -0.369 e. The number of rotatable bonds is 2. The molecule has 0 aliphatic rings. The minimum atomic E-state index is 0.496. The second kappa shape index (κ2) is 4.66. The zero-order valence-electron chi connectivity index (χ0n) is 10.5. The third kappa shape index (κ3) is 2.33. The number of pyridine rings is 1. The second-order valence-electron chi connectivity index (χ2n) is 4.54. The van der Waals surface area contributed by atoms with Crippen molar-refractivity contribution in [3.8, 4) is 0 Å². The summed E-state index contributed by atoms with van der Waals surface area (Å²) in [6, 6.07) is 10.1. The lowest BCUT2D eigenvalue weighted by molar-refractivity contribution is 0.827. The third-order valence-electron chi connectivity index (χ3n) is 3.01. The van der Waals surface area contributed by atoms with Crippen molar-refractivity contribution in [2.75, 3.05) is 5.73 Å². The lowest BCUT2D eigenvalue weighted by Crippen LogP contribution is -2.05. The topological polar surface area (TPSA) is 56.7 Å². The molecule has 0 aliphatic carbocycles. The van der Waals surface area contributed by atoms with Crippen molar-refractivity contribution in [3.05, 3.63) is 52.1 Å². The number of hydrogen-bond donors (Lipinski definition) is 1. The summed E-state index contributed by atoms with van der Waals surface area (Å²) in [5.41, 5.74) is 9.90. The number of hydrogen-bond acceptors (Lipinski definition) is 3. The van der Waals surface area contributed by atoms with Crippen LogP contribution in [0.4, 0.5) is 5.95 Å². The summed E-state index contributed by atoms with van der Waals surface area (Å²) in [6.07, 6.45) is 1.83. The second-order valence-corrected chi connectivity index (χ2v) is 5.45. The monoisotopic (exact) mass is 316 g/mol. The summed E-state index contributed by atoms with van der Waals surface area (Å²) in [4.78, 5) is 8.78. The zero-order valence-corrected chi connectivity index (χ0v) is 12.1. The van der Waals surface area contributed by atoms with Crippen molar-refractivity contribution < 1.29 is 0 Å². The molecule has 0 radical (unpaired) electrons. The normalized spacial score (nSPS) is 11.1. The number of anilines is 1. The molecular formula is C14H13BrN4. The van der Waals surface area contributed by atoms with Gasteiger partial charge in [-0.15, -0.1) is 0 Å². The molecule has 0 bridgehead atoms. The number of benzene rings is 1. The molecular weight excluding hydrogens is 304 g/mol. The Hall–Kier alpha value is -1.88. The quantitative estimate of drug-likeness (QED) is 0.790. The summed E-state index contributed by atoms with van der Waals surface area (Å²) in [6.45, 7) is 2.67. The van der Waals surface area contributed by atoms with E-state index in [0.29, 0.717) is 12.5 Å². The first-order chi connectivity index (χ1) is 9.13. The maximum Gasteiger partial charge on any atom is 0.202 e. The van der Waals surface area contributed by atoms with E-state index in [1.54, 1.807) is 0 Å². The Morgan fingerprint density at radius 1 is 1.26 bits per heavy atom. The number of imidazole rings is 1. The van der Waals surface area contributed by atoms with Crippen LogP contribution in [0.1, 0.15) is 11.1 Å². The summed E-state index contributed by atoms with van der Waals surface area (Å²) >= 11 is 3.43. The van der Waals surface area contributed by atoms with Crippen molar-refractivity contribution in [1.82, 2.24) is 14.5 Å². The van der Waals surface area contributed by atoms with E-state index in [-0.39, 0.29) is 0 Å². The molecule has 0 aliphatic heterocycles. The molecule has 5 heteroatoms. The molecule has 0 amide bonds. The molecule has 0 fully saturated rings. The Kier molecular flexibility index (Phi) is 2.98. The van der Waals surface area contributed by atoms with Gasteiger partial charge in [-0.1, -0.05) is 28.1 Å². The fourth-order valence-electron chi connectivity index (χ4n) is 2.06. The highest BCUT2D eigenvalue weighted by Gasteiger charge is 2.09. The fraction of sp³-hybridized carbons (Fsp3) is 0.143. The molecule has 4 nitrogen and oxygen atoms in total. The number of fused-ring (bicyclic) bond motifs is 1. The molecule has 3 rings (SSSR count). The van der Waals surface area contributed by atoms with Crippen LogP contribution in [0.15, 0.2) is 41.0 Å². The highest BCUT2D eigenvalue weighted by atomic mass is 79.9. The average molecular weight is 317 g/mol. The Balaban J connectivity index is 2.05. The molecule has 19 heavy (non-hydrogen) atoms. The van der Waals surface area contributed by atoms with E-state index in [1.165, 1.54) is 0 Å². The van der Waals surface area contributed by atoms with Gasteiger partial charge < -0.3 is 5.73 Å². The van der Waals surface area contributed by atoms with Gasteiger partial charge in [0.1, 0.15) is 5.52 Å². The predicted octanol–water partition coefficient (Wildman–Crippen LogP) is 3.13. The van der Waals surface area contributed by atoms with E-state index in [9.17, 15) is 0 Å². The van der Waals surface area contributed by atoms with Crippen LogP contribution in [0, 0.1) is 6.92 Å². The SMILES string of the molecule is Cc1cnc2c(c1)nc(N)n2Cc1ccc(Br)cc1. The van der Waals surface area contributed by atoms with E-state index in [4.69, 9.17) is 5.73 Å². The highest BCUT2D eigenvalue weighted by molar-refractivity contribution is 9.10. The van der Waals surface area contributed by atoms with Gasteiger partial charge in [0, 0.05) is 10.7 Å². The first kappa shape index (κ1) is 12.2. The van der Waals surface area contributed by atoms with Gasteiger partial charge in [-0.05, 0) is 36.2 Å².